The largest absolute Gasteiger partial charge is 0.280 e. The Morgan fingerprint density at radius 1 is 0.800 bits per heavy atom. The summed E-state index contributed by atoms with van der Waals surface area (Å²) in [6, 6.07) is 10.4. The molecule has 0 aromatic heterocycles. The lowest BCUT2D eigenvalue weighted by Gasteiger charge is -2.16. The van der Waals surface area contributed by atoms with Crippen molar-refractivity contribution in [3.8, 4) is 0 Å². The molecule has 1 heterocycles. The Labute approximate surface area is 177 Å². The zero-order chi connectivity index (χ0) is 22.2. The maximum absolute atomic E-state index is 12.7. The summed E-state index contributed by atoms with van der Waals surface area (Å²) in [5.41, 5.74) is 0.0975. The molecule has 2 aromatic carbocycles. The predicted molar refractivity (Wildman–Crippen MR) is 113 cm³/mol. The van der Waals surface area contributed by atoms with Crippen molar-refractivity contribution in [2.45, 2.75) is 27.5 Å². The Bertz CT molecular complexity index is 1230. The first-order chi connectivity index (χ1) is 13.9. The van der Waals surface area contributed by atoms with Crippen molar-refractivity contribution in [1.82, 2.24) is 8.61 Å². The fourth-order valence-corrected chi connectivity index (χ4v) is 6.53. The highest BCUT2D eigenvalue weighted by Crippen LogP contribution is 2.25. The van der Waals surface area contributed by atoms with Crippen LogP contribution in [-0.2, 0) is 30.1 Å². The van der Waals surface area contributed by atoms with Crippen LogP contribution in [0.2, 0.25) is 0 Å². The van der Waals surface area contributed by atoms with E-state index in [9.17, 15) is 25.3 Å². The molecule has 1 saturated heterocycles. The Morgan fingerprint density at radius 2 is 1.37 bits per heavy atom. The van der Waals surface area contributed by atoms with Gasteiger partial charge >= 0.3 is 0 Å². The number of anilines is 1. The standard InChI is InChI=1S/C18H23N3O6S3/c1-20(2)29(24,25)17-10-8-16(9-11-17)28(22,23)19-15-6-5-7-18(14-15)30(26,27)21-12-3-4-13-21/h5-11,14,19H,3-4,12-13H2,1-2H3. The lowest BCUT2D eigenvalue weighted by Crippen LogP contribution is -2.27. The third-order valence-corrected chi connectivity index (χ3v) is 9.82. The zero-order valence-corrected chi connectivity index (χ0v) is 19.0. The lowest BCUT2D eigenvalue weighted by atomic mass is 10.3. The summed E-state index contributed by atoms with van der Waals surface area (Å²) >= 11 is 0. The van der Waals surface area contributed by atoms with Gasteiger partial charge in [0.1, 0.15) is 0 Å². The Kier molecular flexibility index (Phi) is 6.25. The molecular weight excluding hydrogens is 450 g/mol. The SMILES string of the molecule is CN(C)S(=O)(=O)c1ccc(S(=O)(=O)Nc2cccc(S(=O)(=O)N3CCCC3)c2)cc1. The van der Waals surface area contributed by atoms with E-state index in [0.717, 1.165) is 17.1 Å². The first-order valence-electron chi connectivity index (χ1n) is 9.10. The van der Waals surface area contributed by atoms with Crippen LogP contribution >= 0.6 is 0 Å². The highest BCUT2D eigenvalue weighted by atomic mass is 32.2. The van der Waals surface area contributed by atoms with Crippen LogP contribution in [0, 0.1) is 0 Å². The van der Waals surface area contributed by atoms with E-state index in [2.05, 4.69) is 4.72 Å². The smallest absolute Gasteiger partial charge is 0.261 e. The molecule has 0 bridgehead atoms. The van der Waals surface area contributed by atoms with Crippen LogP contribution in [0.3, 0.4) is 0 Å². The van der Waals surface area contributed by atoms with Crippen molar-refractivity contribution in [1.29, 1.82) is 0 Å². The number of hydrogen-bond donors (Lipinski definition) is 1. The van der Waals surface area contributed by atoms with Crippen LogP contribution in [0.5, 0.6) is 0 Å². The van der Waals surface area contributed by atoms with Gasteiger partial charge in [0.15, 0.2) is 0 Å². The van der Waals surface area contributed by atoms with Gasteiger partial charge in [-0.1, -0.05) is 6.07 Å². The molecule has 30 heavy (non-hydrogen) atoms. The van der Waals surface area contributed by atoms with E-state index in [1.165, 1.54) is 66.9 Å². The maximum Gasteiger partial charge on any atom is 0.261 e. The number of sulfonamides is 3. The molecule has 1 fully saturated rings. The molecular formula is C18H23N3O6S3. The van der Waals surface area contributed by atoms with Crippen LogP contribution in [0.15, 0.2) is 63.2 Å². The summed E-state index contributed by atoms with van der Waals surface area (Å²) in [6.07, 6.45) is 1.59. The molecule has 0 saturated carbocycles. The van der Waals surface area contributed by atoms with Crippen molar-refractivity contribution in [2.24, 2.45) is 0 Å². The lowest BCUT2D eigenvalue weighted by molar-refractivity contribution is 0.477. The predicted octanol–water partition coefficient (Wildman–Crippen LogP) is 1.52. The van der Waals surface area contributed by atoms with Crippen LogP contribution in [-0.4, -0.2) is 61.0 Å². The van der Waals surface area contributed by atoms with E-state index in [4.69, 9.17) is 0 Å². The van der Waals surface area contributed by atoms with E-state index in [1.54, 1.807) is 0 Å². The summed E-state index contributed by atoms with van der Waals surface area (Å²) in [6.45, 7) is 0.890. The summed E-state index contributed by atoms with van der Waals surface area (Å²) in [4.78, 5) is -0.171. The second kappa shape index (κ2) is 8.27. The van der Waals surface area contributed by atoms with Gasteiger partial charge in [0.05, 0.1) is 20.4 Å². The topological polar surface area (TPSA) is 121 Å². The van der Waals surface area contributed by atoms with Gasteiger partial charge in [-0.25, -0.2) is 29.6 Å². The normalized spacial score (nSPS) is 16.1. The average molecular weight is 474 g/mol. The van der Waals surface area contributed by atoms with E-state index in [0.29, 0.717) is 13.1 Å². The molecule has 3 rings (SSSR count). The number of hydrogen-bond acceptors (Lipinski definition) is 6. The van der Waals surface area contributed by atoms with Gasteiger partial charge in [-0.05, 0) is 55.3 Å². The van der Waals surface area contributed by atoms with Crippen LogP contribution < -0.4 is 4.72 Å². The van der Waals surface area contributed by atoms with E-state index < -0.39 is 30.1 Å². The van der Waals surface area contributed by atoms with Gasteiger partial charge in [-0.2, -0.15) is 4.31 Å². The molecule has 1 N–H and O–H groups in total. The van der Waals surface area contributed by atoms with E-state index in [1.807, 2.05) is 0 Å². The first kappa shape index (κ1) is 22.7. The molecule has 164 valence electrons. The molecule has 0 aliphatic carbocycles. The number of nitrogens with one attached hydrogen (secondary N) is 1. The quantitative estimate of drug-likeness (QED) is 0.651. The molecule has 0 spiro atoms. The van der Waals surface area contributed by atoms with E-state index in [-0.39, 0.29) is 20.4 Å². The molecule has 2 aromatic rings. The first-order valence-corrected chi connectivity index (χ1v) is 13.5. The van der Waals surface area contributed by atoms with Crippen LogP contribution in [0.25, 0.3) is 0 Å². The molecule has 1 aliphatic heterocycles. The molecule has 12 heteroatoms. The summed E-state index contributed by atoms with van der Waals surface area (Å²) in [7, 11) is -8.65. The molecule has 0 radical (unpaired) electrons. The fourth-order valence-electron chi connectivity index (χ4n) is 3.01. The van der Waals surface area contributed by atoms with Gasteiger partial charge < -0.3 is 0 Å². The molecule has 9 nitrogen and oxygen atoms in total. The van der Waals surface area contributed by atoms with Gasteiger partial charge in [-0.15, -0.1) is 0 Å². The van der Waals surface area contributed by atoms with Crippen molar-refractivity contribution in [2.75, 3.05) is 31.9 Å². The van der Waals surface area contributed by atoms with Gasteiger partial charge in [0.25, 0.3) is 10.0 Å². The Morgan fingerprint density at radius 3 is 1.93 bits per heavy atom. The van der Waals surface area contributed by atoms with Gasteiger partial charge in [0.2, 0.25) is 20.0 Å². The Hall–Kier alpha value is -1.99. The van der Waals surface area contributed by atoms with Crippen LogP contribution in [0.1, 0.15) is 12.8 Å². The van der Waals surface area contributed by atoms with Gasteiger partial charge in [-0.3, -0.25) is 4.72 Å². The van der Waals surface area contributed by atoms with Crippen LogP contribution in [0.4, 0.5) is 5.69 Å². The molecule has 0 atom stereocenters. The molecule has 0 amide bonds. The zero-order valence-electron chi connectivity index (χ0n) is 16.5. The van der Waals surface area contributed by atoms with Crippen molar-refractivity contribution in [3.05, 3.63) is 48.5 Å². The minimum absolute atomic E-state index is 0.0111. The number of rotatable bonds is 7. The highest BCUT2D eigenvalue weighted by molar-refractivity contribution is 7.92. The van der Waals surface area contributed by atoms with Gasteiger partial charge in [0, 0.05) is 27.2 Å². The minimum atomic E-state index is -4.04. The van der Waals surface area contributed by atoms with Crippen molar-refractivity contribution < 1.29 is 25.3 Å². The minimum Gasteiger partial charge on any atom is -0.280 e. The second-order valence-electron chi connectivity index (χ2n) is 7.00. The summed E-state index contributed by atoms with van der Waals surface area (Å²) in [5.74, 6) is 0. The molecule has 1 aliphatic rings. The maximum atomic E-state index is 12.7. The van der Waals surface area contributed by atoms with Crippen molar-refractivity contribution >= 4 is 35.8 Å². The third-order valence-electron chi connectivity index (χ3n) is 4.70. The average Bonchev–Trinajstić information content (AvgIpc) is 3.23. The number of nitrogens with zero attached hydrogens (tertiary/aromatic N) is 2. The third kappa shape index (κ3) is 4.52. The summed E-state index contributed by atoms with van der Waals surface area (Å²) < 4.78 is 79.8. The highest BCUT2D eigenvalue weighted by Gasteiger charge is 2.27. The Balaban J connectivity index is 1.86. The fraction of sp³-hybridized carbons (Fsp3) is 0.333. The number of benzene rings is 2. The van der Waals surface area contributed by atoms with Crippen molar-refractivity contribution in [3.63, 3.8) is 0 Å². The monoisotopic (exact) mass is 473 g/mol. The molecule has 0 unspecified atom stereocenters. The summed E-state index contributed by atoms with van der Waals surface area (Å²) in [5, 5.41) is 0. The van der Waals surface area contributed by atoms with E-state index >= 15 is 0 Å². The second-order valence-corrected chi connectivity index (χ2v) is 12.8.